The van der Waals surface area contributed by atoms with Gasteiger partial charge in [-0.3, -0.25) is 4.79 Å². The van der Waals surface area contributed by atoms with Crippen LogP contribution in [0.15, 0.2) is 42.5 Å². The molecule has 1 fully saturated rings. The average Bonchev–Trinajstić information content (AvgIpc) is 3.30. The summed E-state index contributed by atoms with van der Waals surface area (Å²) < 4.78 is 0. The highest BCUT2D eigenvalue weighted by atomic mass is 16.4. The number of carboxylic acid groups (broad SMARTS) is 1. The van der Waals surface area contributed by atoms with E-state index in [0.717, 1.165) is 29.2 Å². The van der Waals surface area contributed by atoms with Gasteiger partial charge in [-0.25, -0.2) is 4.79 Å². The van der Waals surface area contributed by atoms with E-state index < -0.39 is 12.0 Å². The first-order valence-electron chi connectivity index (χ1n) is 7.61. The number of nitrogens with one attached hydrogen (secondary N) is 1. The van der Waals surface area contributed by atoms with Crippen LogP contribution in [0.2, 0.25) is 0 Å². The Morgan fingerprint density at radius 3 is 2.55 bits per heavy atom. The van der Waals surface area contributed by atoms with Crippen LogP contribution in [0.25, 0.3) is 10.8 Å². The summed E-state index contributed by atoms with van der Waals surface area (Å²) >= 11 is 0. The Balaban J connectivity index is 1.65. The number of fused-ring (bicyclic) bond motifs is 1. The van der Waals surface area contributed by atoms with Gasteiger partial charge in [-0.2, -0.15) is 0 Å². The molecule has 0 spiro atoms. The van der Waals surface area contributed by atoms with Crippen molar-refractivity contribution in [2.75, 3.05) is 0 Å². The van der Waals surface area contributed by atoms with Gasteiger partial charge < -0.3 is 10.4 Å². The summed E-state index contributed by atoms with van der Waals surface area (Å²) in [5.74, 6) is -0.718. The number of carboxylic acids is 1. The van der Waals surface area contributed by atoms with Crippen LogP contribution in [-0.2, 0) is 16.0 Å². The summed E-state index contributed by atoms with van der Waals surface area (Å²) in [6.45, 7) is 0. The van der Waals surface area contributed by atoms with Gasteiger partial charge in [0.05, 0.1) is 6.42 Å². The molecular weight excluding hydrogens is 278 g/mol. The van der Waals surface area contributed by atoms with Gasteiger partial charge >= 0.3 is 5.97 Å². The second-order valence-electron chi connectivity index (χ2n) is 6.00. The van der Waals surface area contributed by atoms with Crippen LogP contribution < -0.4 is 5.32 Å². The number of benzene rings is 2. The molecule has 0 bridgehead atoms. The van der Waals surface area contributed by atoms with E-state index in [0.29, 0.717) is 12.3 Å². The molecule has 0 heterocycles. The van der Waals surface area contributed by atoms with Crippen molar-refractivity contribution in [1.29, 1.82) is 0 Å². The Labute approximate surface area is 129 Å². The topological polar surface area (TPSA) is 66.4 Å². The van der Waals surface area contributed by atoms with Crippen molar-refractivity contribution >= 4 is 22.6 Å². The fourth-order valence-electron chi connectivity index (χ4n) is 2.69. The molecule has 2 aromatic rings. The van der Waals surface area contributed by atoms with E-state index >= 15 is 0 Å². The highest BCUT2D eigenvalue weighted by molar-refractivity contribution is 5.87. The molecule has 0 radical (unpaired) electrons. The van der Waals surface area contributed by atoms with Crippen molar-refractivity contribution < 1.29 is 14.7 Å². The van der Waals surface area contributed by atoms with Crippen LogP contribution in [0.4, 0.5) is 0 Å². The molecule has 0 saturated heterocycles. The first-order valence-corrected chi connectivity index (χ1v) is 7.61. The Morgan fingerprint density at radius 2 is 1.86 bits per heavy atom. The van der Waals surface area contributed by atoms with E-state index in [1.54, 1.807) is 0 Å². The van der Waals surface area contributed by atoms with Gasteiger partial charge in [-0.15, -0.1) is 0 Å². The molecule has 0 aromatic heterocycles. The maximum Gasteiger partial charge on any atom is 0.326 e. The van der Waals surface area contributed by atoms with Gasteiger partial charge in [0.15, 0.2) is 0 Å². The number of hydrogen-bond acceptors (Lipinski definition) is 2. The van der Waals surface area contributed by atoms with E-state index in [9.17, 15) is 14.7 Å². The molecule has 4 nitrogen and oxygen atoms in total. The number of carbonyl (C=O) groups is 2. The number of amides is 1. The van der Waals surface area contributed by atoms with Crippen LogP contribution in [0.3, 0.4) is 0 Å². The first kappa shape index (κ1) is 14.6. The van der Waals surface area contributed by atoms with Crippen molar-refractivity contribution in [1.82, 2.24) is 5.32 Å². The average molecular weight is 297 g/mol. The Kier molecular flexibility index (Phi) is 4.09. The monoisotopic (exact) mass is 297 g/mol. The summed E-state index contributed by atoms with van der Waals surface area (Å²) in [6, 6.07) is 13.1. The second-order valence-corrected chi connectivity index (χ2v) is 6.00. The molecular formula is C18H19NO3. The quantitative estimate of drug-likeness (QED) is 0.861. The minimum absolute atomic E-state index is 0.208. The summed E-state index contributed by atoms with van der Waals surface area (Å²) in [6.07, 6.45) is 2.90. The second kappa shape index (κ2) is 6.18. The van der Waals surface area contributed by atoms with E-state index in [1.807, 2.05) is 42.5 Å². The molecule has 1 amide bonds. The van der Waals surface area contributed by atoms with E-state index in [4.69, 9.17) is 0 Å². The molecule has 3 rings (SSSR count). The van der Waals surface area contributed by atoms with Gasteiger partial charge in [0.25, 0.3) is 0 Å². The molecule has 0 aliphatic heterocycles. The van der Waals surface area contributed by atoms with E-state index in [2.05, 4.69) is 5.32 Å². The molecule has 1 aliphatic rings. The third-order valence-electron chi connectivity index (χ3n) is 4.08. The first-order chi connectivity index (χ1) is 10.6. The lowest BCUT2D eigenvalue weighted by Crippen LogP contribution is -2.41. The van der Waals surface area contributed by atoms with Gasteiger partial charge in [0, 0.05) is 0 Å². The molecule has 4 heteroatoms. The van der Waals surface area contributed by atoms with Crippen LogP contribution >= 0.6 is 0 Å². The maximum atomic E-state index is 12.1. The Bertz CT molecular complexity index is 706. The zero-order valence-electron chi connectivity index (χ0n) is 12.3. The Morgan fingerprint density at radius 1 is 1.14 bits per heavy atom. The molecule has 22 heavy (non-hydrogen) atoms. The van der Waals surface area contributed by atoms with Crippen LogP contribution in [0.1, 0.15) is 24.8 Å². The van der Waals surface area contributed by atoms with Gasteiger partial charge in [-0.1, -0.05) is 55.3 Å². The van der Waals surface area contributed by atoms with Gasteiger partial charge in [0.1, 0.15) is 6.04 Å². The van der Waals surface area contributed by atoms with Crippen molar-refractivity contribution in [3.05, 3.63) is 48.0 Å². The lowest BCUT2D eigenvalue weighted by Gasteiger charge is -2.14. The summed E-state index contributed by atoms with van der Waals surface area (Å²) in [5.41, 5.74) is 0.895. The zero-order chi connectivity index (χ0) is 15.5. The minimum Gasteiger partial charge on any atom is -0.480 e. The predicted molar refractivity (Wildman–Crippen MR) is 84.6 cm³/mol. The Hall–Kier alpha value is -2.36. The third kappa shape index (κ3) is 3.64. The fraction of sp³-hybridized carbons (Fsp3) is 0.333. The predicted octanol–water partition coefficient (Wildman–Crippen LogP) is 2.75. The number of aliphatic carboxylic acids is 1. The number of rotatable bonds is 6. The minimum atomic E-state index is -0.946. The molecule has 2 aromatic carbocycles. The fourth-order valence-corrected chi connectivity index (χ4v) is 2.69. The van der Waals surface area contributed by atoms with Crippen molar-refractivity contribution in [3.8, 4) is 0 Å². The largest absolute Gasteiger partial charge is 0.480 e. The van der Waals surface area contributed by atoms with E-state index in [-0.39, 0.29) is 12.3 Å². The standard InChI is InChI=1S/C18H19NO3/c20-17(19-16(18(21)22)10-12-5-6-12)11-13-7-8-14-3-1-2-4-15(14)9-13/h1-4,7-9,12,16H,5-6,10-11H2,(H,19,20)(H,21,22)/t16-/m1/s1. The molecule has 2 N–H and O–H groups in total. The van der Waals surface area contributed by atoms with Crippen molar-refractivity contribution in [2.24, 2.45) is 5.92 Å². The molecule has 1 saturated carbocycles. The van der Waals surface area contributed by atoms with Crippen LogP contribution in [0, 0.1) is 5.92 Å². The van der Waals surface area contributed by atoms with E-state index in [1.165, 1.54) is 0 Å². The van der Waals surface area contributed by atoms with Crippen molar-refractivity contribution in [2.45, 2.75) is 31.7 Å². The summed E-state index contributed by atoms with van der Waals surface area (Å²) in [7, 11) is 0. The van der Waals surface area contributed by atoms with Crippen LogP contribution in [-0.4, -0.2) is 23.0 Å². The number of carbonyl (C=O) groups excluding carboxylic acids is 1. The highest BCUT2D eigenvalue weighted by Crippen LogP contribution is 2.33. The molecule has 0 unspecified atom stereocenters. The highest BCUT2D eigenvalue weighted by Gasteiger charge is 2.30. The SMILES string of the molecule is O=C(Cc1ccc2ccccc2c1)N[C@H](CC1CC1)C(=O)O. The molecule has 114 valence electrons. The number of hydrogen-bond donors (Lipinski definition) is 2. The molecule has 1 aliphatic carbocycles. The van der Waals surface area contributed by atoms with Gasteiger partial charge in [0.2, 0.25) is 5.91 Å². The normalized spacial score (nSPS) is 15.5. The lowest BCUT2D eigenvalue weighted by atomic mass is 10.0. The van der Waals surface area contributed by atoms with Crippen molar-refractivity contribution in [3.63, 3.8) is 0 Å². The summed E-state index contributed by atoms with van der Waals surface area (Å²) in [4.78, 5) is 23.3. The zero-order valence-corrected chi connectivity index (χ0v) is 12.3. The molecule has 1 atom stereocenters. The maximum absolute atomic E-state index is 12.1. The third-order valence-corrected chi connectivity index (χ3v) is 4.08. The van der Waals surface area contributed by atoms with Crippen LogP contribution in [0.5, 0.6) is 0 Å². The smallest absolute Gasteiger partial charge is 0.326 e. The summed E-state index contributed by atoms with van der Waals surface area (Å²) in [5, 5.41) is 14.0. The lowest BCUT2D eigenvalue weighted by molar-refractivity contribution is -0.142. The van der Waals surface area contributed by atoms with Gasteiger partial charge in [-0.05, 0) is 28.7 Å².